The molecule has 1 saturated carbocycles. The van der Waals surface area contributed by atoms with E-state index in [9.17, 15) is 19.8 Å². The normalized spacial score (nSPS) is 17.1. The van der Waals surface area contributed by atoms with Crippen molar-refractivity contribution in [3.05, 3.63) is 48.6 Å². The predicted molar refractivity (Wildman–Crippen MR) is 121 cm³/mol. The smallest absolute Gasteiger partial charge is 0.224 e. The van der Waals surface area contributed by atoms with Crippen molar-refractivity contribution in [1.29, 1.82) is 0 Å². The molecule has 1 aliphatic carbocycles. The summed E-state index contributed by atoms with van der Waals surface area (Å²) in [5, 5.41) is 25.2. The van der Waals surface area contributed by atoms with Crippen LogP contribution < -0.4 is 10.6 Å². The number of hydrogen-bond donors (Lipinski definition) is 4. The van der Waals surface area contributed by atoms with Crippen LogP contribution in [-0.2, 0) is 15.3 Å². The van der Waals surface area contributed by atoms with Gasteiger partial charge >= 0.3 is 0 Å². The summed E-state index contributed by atoms with van der Waals surface area (Å²) in [6.45, 7) is 3.46. The van der Waals surface area contributed by atoms with Gasteiger partial charge in [-0.2, -0.15) is 11.8 Å². The molecular formula is C23H34N2O4S. The predicted octanol–water partition coefficient (Wildman–Crippen LogP) is 2.40. The van der Waals surface area contributed by atoms with E-state index >= 15 is 0 Å². The van der Waals surface area contributed by atoms with Crippen molar-refractivity contribution in [3.8, 4) is 0 Å². The molecule has 2 amide bonds. The second kappa shape index (κ2) is 12.8. The molecule has 4 N–H and O–H groups in total. The SMILES string of the molecule is C=CC[C@H](CC(=O)NC1(CO)CCCC1)C(=O)N[C@H](CO)CSCc1ccccc1. The molecule has 6 nitrogen and oxygen atoms in total. The maximum atomic E-state index is 12.7. The van der Waals surface area contributed by atoms with Crippen LogP contribution in [0.15, 0.2) is 43.0 Å². The molecule has 0 unspecified atom stereocenters. The molecule has 1 aliphatic rings. The van der Waals surface area contributed by atoms with Gasteiger partial charge in [-0.3, -0.25) is 9.59 Å². The number of nitrogens with one attached hydrogen (secondary N) is 2. The number of aliphatic hydroxyl groups excluding tert-OH is 2. The van der Waals surface area contributed by atoms with Gasteiger partial charge in [0.05, 0.1) is 30.7 Å². The molecule has 1 aromatic rings. The number of carbonyl (C=O) groups excluding carboxylic acids is 2. The quantitative estimate of drug-likeness (QED) is 0.357. The van der Waals surface area contributed by atoms with Crippen LogP contribution in [0, 0.1) is 5.92 Å². The van der Waals surface area contributed by atoms with Crippen LogP contribution in [-0.4, -0.2) is 52.6 Å². The molecule has 0 spiro atoms. The maximum absolute atomic E-state index is 12.7. The lowest BCUT2D eigenvalue weighted by atomic mass is 9.95. The number of benzene rings is 1. The van der Waals surface area contributed by atoms with Crippen molar-refractivity contribution in [2.75, 3.05) is 19.0 Å². The third-order valence-electron chi connectivity index (χ3n) is 5.52. The average molecular weight is 435 g/mol. The number of thioether (sulfide) groups is 1. The van der Waals surface area contributed by atoms with Gasteiger partial charge < -0.3 is 20.8 Å². The molecule has 166 valence electrons. The largest absolute Gasteiger partial charge is 0.394 e. The summed E-state index contributed by atoms with van der Waals surface area (Å²) < 4.78 is 0. The van der Waals surface area contributed by atoms with E-state index in [2.05, 4.69) is 17.2 Å². The second-order valence-corrected chi connectivity index (χ2v) is 9.04. The fraction of sp³-hybridized carbons (Fsp3) is 0.565. The second-order valence-electron chi connectivity index (χ2n) is 8.01. The minimum Gasteiger partial charge on any atom is -0.394 e. The lowest BCUT2D eigenvalue weighted by molar-refractivity contribution is -0.131. The van der Waals surface area contributed by atoms with E-state index in [-0.39, 0.29) is 37.5 Å². The third-order valence-corrected chi connectivity index (χ3v) is 6.69. The summed E-state index contributed by atoms with van der Waals surface area (Å²) in [5.41, 5.74) is 0.644. The number of rotatable bonds is 13. The Labute approximate surface area is 183 Å². The molecule has 0 aliphatic heterocycles. The third kappa shape index (κ3) is 7.78. The van der Waals surface area contributed by atoms with Crippen molar-refractivity contribution >= 4 is 23.6 Å². The fourth-order valence-electron chi connectivity index (χ4n) is 3.78. The highest BCUT2D eigenvalue weighted by atomic mass is 32.2. The molecule has 2 atom stereocenters. The van der Waals surface area contributed by atoms with Crippen LogP contribution in [0.1, 0.15) is 44.1 Å². The molecule has 0 radical (unpaired) electrons. The Bertz CT molecular complexity index is 677. The highest BCUT2D eigenvalue weighted by Gasteiger charge is 2.35. The van der Waals surface area contributed by atoms with Gasteiger partial charge in [-0.25, -0.2) is 0 Å². The zero-order valence-corrected chi connectivity index (χ0v) is 18.3. The summed E-state index contributed by atoms with van der Waals surface area (Å²) in [4.78, 5) is 25.3. The summed E-state index contributed by atoms with van der Waals surface area (Å²) >= 11 is 1.64. The van der Waals surface area contributed by atoms with Gasteiger partial charge in [0.15, 0.2) is 0 Å². The Morgan fingerprint density at radius 3 is 2.50 bits per heavy atom. The van der Waals surface area contributed by atoms with Crippen molar-refractivity contribution < 1.29 is 19.8 Å². The van der Waals surface area contributed by atoms with Gasteiger partial charge in [0.2, 0.25) is 11.8 Å². The maximum Gasteiger partial charge on any atom is 0.224 e. The van der Waals surface area contributed by atoms with Crippen molar-refractivity contribution in [3.63, 3.8) is 0 Å². The van der Waals surface area contributed by atoms with E-state index in [1.165, 1.54) is 5.56 Å². The molecule has 1 aromatic carbocycles. The van der Waals surface area contributed by atoms with Crippen LogP contribution in [0.5, 0.6) is 0 Å². The van der Waals surface area contributed by atoms with E-state index in [0.29, 0.717) is 12.2 Å². The van der Waals surface area contributed by atoms with E-state index in [0.717, 1.165) is 31.4 Å². The van der Waals surface area contributed by atoms with Gasteiger partial charge in [0, 0.05) is 17.9 Å². The van der Waals surface area contributed by atoms with E-state index in [1.54, 1.807) is 17.8 Å². The fourth-order valence-corrected chi connectivity index (χ4v) is 4.80. The Morgan fingerprint density at radius 2 is 1.90 bits per heavy atom. The summed E-state index contributed by atoms with van der Waals surface area (Å²) in [5.74, 6) is 0.348. The summed E-state index contributed by atoms with van der Waals surface area (Å²) in [6.07, 6.45) is 5.53. The lowest BCUT2D eigenvalue weighted by Crippen LogP contribution is -2.50. The average Bonchev–Trinajstić information content (AvgIpc) is 3.22. The molecule has 0 saturated heterocycles. The first-order chi connectivity index (χ1) is 14.5. The number of amides is 2. The van der Waals surface area contributed by atoms with Gasteiger partial charge in [0.1, 0.15) is 0 Å². The van der Waals surface area contributed by atoms with Crippen LogP contribution >= 0.6 is 11.8 Å². The minimum absolute atomic E-state index is 0.0366. The zero-order chi connectivity index (χ0) is 21.8. The van der Waals surface area contributed by atoms with Crippen molar-refractivity contribution in [1.82, 2.24) is 10.6 Å². The lowest BCUT2D eigenvalue weighted by Gasteiger charge is -2.29. The number of aliphatic hydroxyl groups is 2. The van der Waals surface area contributed by atoms with Gasteiger partial charge in [-0.15, -0.1) is 6.58 Å². The standard InChI is InChI=1S/C23H34N2O4S/c1-2-8-19(13-21(28)25-23(17-27)11-6-7-12-23)22(29)24-20(14-26)16-30-15-18-9-4-3-5-10-18/h2-5,9-10,19-20,26-27H,1,6-8,11-17H2,(H,24,29)(H,25,28)/t19-,20-/m1/s1. The highest BCUT2D eigenvalue weighted by Crippen LogP contribution is 2.29. The van der Waals surface area contributed by atoms with Gasteiger partial charge in [-0.05, 0) is 24.8 Å². The summed E-state index contributed by atoms with van der Waals surface area (Å²) in [6, 6.07) is 9.65. The van der Waals surface area contributed by atoms with Crippen molar-refractivity contribution in [2.45, 2.75) is 55.9 Å². The molecular weight excluding hydrogens is 400 g/mol. The minimum atomic E-state index is -0.548. The molecule has 30 heavy (non-hydrogen) atoms. The number of carbonyl (C=O) groups is 2. The molecule has 2 rings (SSSR count). The van der Waals surface area contributed by atoms with E-state index < -0.39 is 11.5 Å². The topological polar surface area (TPSA) is 98.7 Å². The first kappa shape index (κ1) is 24.4. The molecule has 7 heteroatoms. The van der Waals surface area contributed by atoms with Crippen LogP contribution in [0.2, 0.25) is 0 Å². The van der Waals surface area contributed by atoms with Crippen LogP contribution in [0.25, 0.3) is 0 Å². The number of hydrogen-bond acceptors (Lipinski definition) is 5. The monoisotopic (exact) mass is 434 g/mol. The Hall–Kier alpha value is -1.83. The molecule has 0 heterocycles. The van der Waals surface area contributed by atoms with Crippen molar-refractivity contribution in [2.24, 2.45) is 5.92 Å². The zero-order valence-electron chi connectivity index (χ0n) is 17.5. The summed E-state index contributed by atoms with van der Waals surface area (Å²) in [7, 11) is 0. The molecule has 0 aromatic heterocycles. The van der Waals surface area contributed by atoms with Gasteiger partial charge in [0.25, 0.3) is 0 Å². The first-order valence-corrected chi connectivity index (χ1v) is 11.7. The van der Waals surface area contributed by atoms with Crippen LogP contribution in [0.3, 0.4) is 0 Å². The Kier molecular flexibility index (Phi) is 10.4. The van der Waals surface area contributed by atoms with E-state index in [4.69, 9.17) is 0 Å². The number of allylic oxidation sites excluding steroid dienone is 1. The molecule has 0 bridgehead atoms. The first-order valence-electron chi connectivity index (χ1n) is 10.6. The highest BCUT2D eigenvalue weighted by molar-refractivity contribution is 7.98. The van der Waals surface area contributed by atoms with E-state index in [1.807, 2.05) is 30.3 Å². The molecule has 1 fully saturated rings. The van der Waals surface area contributed by atoms with Crippen LogP contribution in [0.4, 0.5) is 0 Å². The van der Waals surface area contributed by atoms with Gasteiger partial charge in [-0.1, -0.05) is 49.2 Å². The Morgan fingerprint density at radius 1 is 1.20 bits per heavy atom. The Balaban J connectivity index is 1.84.